The molecular formula is C11H10BrFO. The lowest BCUT2D eigenvalue weighted by atomic mass is 10.1. The van der Waals surface area contributed by atoms with Crippen LogP contribution < -0.4 is 0 Å². The van der Waals surface area contributed by atoms with Gasteiger partial charge in [-0.1, -0.05) is 15.9 Å². The average molecular weight is 257 g/mol. The standard InChI is InChI=1S/C11H10BrFO/c12-8-3-4-9(10(13)6-8)11(14)5-7-1-2-7/h3-4,6-7H,1-2,5H2. The SMILES string of the molecule is O=C(CC1CC1)c1ccc(Br)cc1F. The van der Waals surface area contributed by atoms with Crippen LogP contribution >= 0.6 is 15.9 Å². The summed E-state index contributed by atoms with van der Waals surface area (Å²) >= 11 is 3.16. The molecule has 0 N–H and O–H groups in total. The van der Waals surface area contributed by atoms with Gasteiger partial charge in [0.1, 0.15) is 5.82 Å². The van der Waals surface area contributed by atoms with Gasteiger partial charge in [0, 0.05) is 10.9 Å². The predicted molar refractivity (Wildman–Crippen MR) is 55.8 cm³/mol. The zero-order chi connectivity index (χ0) is 10.1. The zero-order valence-electron chi connectivity index (χ0n) is 7.59. The molecule has 0 heterocycles. The molecule has 1 aliphatic carbocycles. The molecule has 74 valence electrons. The maximum absolute atomic E-state index is 13.3. The van der Waals surface area contributed by atoms with E-state index in [2.05, 4.69) is 15.9 Å². The van der Waals surface area contributed by atoms with Gasteiger partial charge in [-0.2, -0.15) is 0 Å². The lowest BCUT2D eigenvalue weighted by Gasteiger charge is -2.01. The summed E-state index contributed by atoms with van der Waals surface area (Å²) in [7, 11) is 0. The summed E-state index contributed by atoms with van der Waals surface area (Å²) in [6.45, 7) is 0. The molecule has 2 rings (SSSR count). The van der Waals surface area contributed by atoms with Crippen LogP contribution in [0.25, 0.3) is 0 Å². The Hall–Kier alpha value is -0.700. The van der Waals surface area contributed by atoms with E-state index in [4.69, 9.17) is 0 Å². The first-order valence-electron chi connectivity index (χ1n) is 4.65. The number of halogens is 2. The molecule has 0 aromatic heterocycles. The summed E-state index contributed by atoms with van der Waals surface area (Å²) in [5.41, 5.74) is 0.222. The van der Waals surface area contributed by atoms with E-state index in [0.717, 1.165) is 12.8 Å². The first kappa shape index (κ1) is 9.84. The van der Waals surface area contributed by atoms with Crippen LogP contribution in [0.5, 0.6) is 0 Å². The molecule has 1 fully saturated rings. The molecule has 0 aliphatic heterocycles. The Balaban J connectivity index is 2.17. The van der Waals surface area contributed by atoms with Gasteiger partial charge in [0.25, 0.3) is 0 Å². The summed E-state index contributed by atoms with van der Waals surface area (Å²) in [5.74, 6) is 0.00747. The highest BCUT2D eigenvalue weighted by Gasteiger charge is 2.25. The molecule has 0 bridgehead atoms. The Morgan fingerprint density at radius 1 is 1.50 bits per heavy atom. The van der Waals surface area contributed by atoms with Crippen LogP contribution in [0.1, 0.15) is 29.6 Å². The van der Waals surface area contributed by atoms with Crippen molar-refractivity contribution in [3.05, 3.63) is 34.1 Å². The summed E-state index contributed by atoms with van der Waals surface area (Å²) in [4.78, 5) is 11.6. The third-order valence-electron chi connectivity index (χ3n) is 2.40. The molecule has 0 spiro atoms. The Morgan fingerprint density at radius 2 is 2.21 bits per heavy atom. The monoisotopic (exact) mass is 256 g/mol. The molecular weight excluding hydrogens is 247 g/mol. The van der Waals surface area contributed by atoms with E-state index in [1.54, 1.807) is 12.1 Å². The number of carbonyl (C=O) groups excluding carboxylic acids is 1. The van der Waals surface area contributed by atoms with E-state index in [1.807, 2.05) is 0 Å². The fourth-order valence-electron chi connectivity index (χ4n) is 1.41. The second-order valence-electron chi connectivity index (χ2n) is 3.69. The van der Waals surface area contributed by atoms with E-state index in [9.17, 15) is 9.18 Å². The van der Waals surface area contributed by atoms with Crippen molar-refractivity contribution in [2.45, 2.75) is 19.3 Å². The van der Waals surface area contributed by atoms with Crippen molar-refractivity contribution < 1.29 is 9.18 Å². The topological polar surface area (TPSA) is 17.1 Å². The first-order chi connectivity index (χ1) is 6.66. The summed E-state index contributed by atoms with van der Waals surface area (Å²) in [5, 5.41) is 0. The number of ketones is 1. The largest absolute Gasteiger partial charge is 0.294 e. The second kappa shape index (κ2) is 3.81. The molecule has 0 saturated heterocycles. The molecule has 0 atom stereocenters. The lowest BCUT2D eigenvalue weighted by Crippen LogP contribution is -2.03. The summed E-state index contributed by atoms with van der Waals surface area (Å²) < 4.78 is 14.0. The molecule has 0 radical (unpaired) electrons. The van der Waals surface area contributed by atoms with Crippen molar-refractivity contribution in [2.24, 2.45) is 5.92 Å². The molecule has 1 saturated carbocycles. The van der Waals surface area contributed by atoms with Crippen molar-refractivity contribution in [1.82, 2.24) is 0 Å². The minimum atomic E-state index is -0.426. The van der Waals surface area contributed by atoms with Crippen LogP contribution in [0.3, 0.4) is 0 Å². The van der Waals surface area contributed by atoms with E-state index in [0.29, 0.717) is 16.8 Å². The maximum atomic E-state index is 13.3. The smallest absolute Gasteiger partial charge is 0.166 e. The normalized spacial score (nSPS) is 15.6. The van der Waals surface area contributed by atoms with Gasteiger partial charge < -0.3 is 0 Å². The number of Topliss-reactive ketones (excluding diaryl/α,β-unsaturated/α-hetero) is 1. The summed E-state index contributed by atoms with van der Waals surface area (Å²) in [6, 6.07) is 4.58. The Labute approximate surface area is 90.4 Å². The van der Waals surface area contributed by atoms with Gasteiger partial charge >= 0.3 is 0 Å². The fourth-order valence-corrected chi connectivity index (χ4v) is 1.74. The zero-order valence-corrected chi connectivity index (χ0v) is 9.18. The maximum Gasteiger partial charge on any atom is 0.166 e. The van der Waals surface area contributed by atoms with Gasteiger partial charge in [-0.05, 0) is 37.0 Å². The first-order valence-corrected chi connectivity index (χ1v) is 5.44. The Bertz CT molecular complexity index is 372. The molecule has 1 aliphatic rings. The van der Waals surface area contributed by atoms with Crippen molar-refractivity contribution in [2.75, 3.05) is 0 Å². The number of carbonyl (C=O) groups is 1. The minimum absolute atomic E-state index is 0.0718. The highest BCUT2D eigenvalue weighted by atomic mass is 79.9. The molecule has 0 unspecified atom stereocenters. The molecule has 1 nitrogen and oxygen atoms in total. The van der Waals surface area contributed by atoms with Crippen LogP contribution in [0.4, 0.5) is 4.39 Å². The molecule has 3 heteroatoms. The highest BCUT2D eigenvalue weighted by molar-refractivity contribution is 9.10. The van der Waals surface area contributed by atoms with E-state index in [1.165, 1.54) is 6.07 Å². The van der Waals surface area contributed by atoms with Crippen LogP contribution in [-0.2, 0) is 0 Å². The lowest BCUT2D eigenvalue weighted by molar-refractivity contribution is 0.0972. The number of hydrogen-bond donors (Lipinski definition) is 0. The third kappa shape index (κ3) is 2.21. The Kier molecular flexibility index (Phi) is 2.68. The summed E-state index contributed by atoms with van der Waals surface area (Å²) in [6.07, 6.45) is 2.73. The molecule has 1 aromatic rings. The van der Waals surface area contributed by atoms with Crippen LogP contribution in [0, 0.1) is 11.7 Å². The van der Waals surface area contributed by atoms with Crippen molar-refractivity contribution >= 4 is 21.7 Å². The van der Waals surface area contributed by atoms with Gasteiger partial charge in [-0.15, -0.1) is 0 Å². The van der Waals surface area contributed by atoms with Gasteiger partial charge in [0.05, 0.1) is 5.56 Å². The van der Waals surface area contributed by atoms with Crippen LogP contribution in [0.2, 0.25) is 0 Å². The van der Waals surface area contributed by atoms with Crippen molar-refractivity contribution in [3.8, 4) is 0 Å². The predicted octanol–water partition coefficient (Wildman–Crippen LogP) is 3.57. The van der Waals surface area contributed by atoms with E-state index in [-0.39, 0.29) is 11.3 Å². The number of hydrogen-bond acceptors (Lipinski definition) is 1. The Morgan fingerprint density at radius 3 is 2.79 bits per heavy atom. The van der Waals surface area contributed by atoms with Gasteiger partial charge in [0.15, 0.2) is 5.78 Å². The third-order valence-corrected chi connectivity index (χ3v) is 2.90. The molecule has 0 amide bonds. The van der Waals surface area contributed by atoms with Crippen molar-refractivity contribution in [3.63, 3.8) is 0 Å². The fraction of sp³-hybridized carbons (Fsp3) is 0.364. The average Bonchev–Trinajstić information content (AvgIpc) is 2.87. The molecule has 1 aromatic carbocycles. The minimum Gasteiger partial charge on any atom is -0.294 e. The van der Waals surface area contributed by atoms with E-state index >= 15 is 0 Å². The highest BCUT2D eigenvalue weighted by Crippen LogP contribution is 2.33. The number of rotatable bonds is 3. The van der Waals surface area contributed by atoms with Gasteiger partial charge in [0.2, 0.25) is 0 Å². The number of benzene rings is 1. The molecule has 14 heavy (non-hydrogen) atoms. The second-order valence-corrected chi connectivity index (χ2v) is 4.61. The van der Waals surface area contributed by atoms with Crippen LogP contribution in [0.15, 0.2) is 22.7 Å². The van der Waals surface area contributed by atoms with E-state index < -0.39 is 5.82 Å². The van der Waals surface area contributed by atoms with Crippen LogP contribution in [-0.4, -0.2) is 5.78 Å². The quantitative estimate of drug-likeness (QED) is 0.756. The van der Waals surface area contributed by atoms with Crippen molar-refractivity contribution in [1.29, 1.82) is 0 Å². The van der Waals surface area contributed by atoms with Gasteiger partial charge in [-0.25, -0.2) is 4.39 Å². The van der Waals surface area contributed by atoms with Gasteiger partial charge in [-0.3, -0.25) is 4.79 Å².